The fourth-order valence-electron chi connectivity index (χ4n) is 2.76. The van der Waals surface area contributed by atoms with Crippen molar-refractivity contribution >= 4 is 29.1 Å². The molecule has 156 valence electrons. The molecule has 0 spiro atoms. The zero-order chi connectivity index (χ0) is 21.7. The fourth-order valence-corrected chi connectivity index (χ4v) is 3.49. The Balaban J connectivity index is 1.56. The molecule has 1 heterocycles. The topological polar surface area (TPSA) is 86.1 Å². The van der Waals surface area contributed by atoms with Crippen LogP contribution in [0.2, 0.25) is 0 Å². The Labute approximate surface area is 179 Å². The Morgan fingerprint density at radius 1 is 1.13 bits per heavy atom. The van der Waals surface area contributed by atoms with Crippen molar-refractivity contribution in [2.75, 3.05) is 11.1 Å². The Morgan fingerprint density at radius 2 is 1.90 bits per heavy atom. The highest BCUT2D eigenvalue weighted by atomic mass is 32.2. The second kappa shape index (κ2) is 9.58. The van der Waals surface area contributed by atoms with Gasteiger partial charge in [-0.15, -0.1) is 10.2 Å². The van der Waals surface area contributed by atoms with Gasteiger partial charge in [0, 0.05) is 18.3 Å². The molecule has 0 atom stereocenters. The summed E-state index contributed by atoms with van der Waals surface area (Å²) in [6, 6.07) is 12.8. The molecule has 0 radical (unpaired) electrons. The first kappa shape index (κ1) is 21.6. The molecule has 0 unspecified atom stereocenters. The minimum Gasteiger partial charge on any atom is -0.485 e. The summed E-state index contributed by atoms with van der Waals surface area (Å²) >= 11 is 1.29. The van der Waals surface area contributed by atoms with Crippen LogP contribution in [0.4, 0.5) is 5.69 Å². The smallest absolute Gasteiger partial charge is 0.234 e. The maximum atomic E-state index is 12.3. The summed E-state index contributed by atoms with van der Waals surface area (Å²) < 4.78 is 7.71. The third kappa shape index (κ3) is 5.27. The van der Waals surface area contributed by atoms with Crippen molar-refractivity contribution in [2.24, 2.45) is 7.05 Å². The van der Waals surface area contributed by atoms with Gasteiger partial charge in [0.2, 0.25) is 5.91 Å². The summed E-state index contributed by atoms with van der Waals surface area (Å²) in [4.78, 5) is 23.7. The molecule has 3 aromatic rings. The SMILES string of the molecule is CC(=O)c1cccc(NC(=O)CSc2nnc(COc3cccc(C)c3C)n2C)c1. The van der Waals surface area contributed by atoms with Gasteiger partial charge in [-0.1, -0.05) is 36.0 Å². The number of amides is 1. The molecular weight excluding hydrogens is 400 g/mol. The Hall–Kier alpha value is -3.13. The predicted octanol–water partition coefficient (Wildman–Crippen LogP) is 3.94. The number of nitrogens with one attached hydrogen (secondary N) is 1. The summed E-state index contributed by atoms with van der Waals surface area (Å²) in [5, 5.41) is 11.8. The summed E-state index contributed by atoms with van der Waals surface area (Å²) in [6.45, 7) is 5.85. The minimum absolute atomic E-state index is 0.0461. The van der Waals surface area contributed by atoms with Crippen molar-refractivity contribution in [3.05, 3.63) is 65.0 Å². The number of aromatic nitrogens is 3. The van der Waals surface area contributed by atoms with Crippen LogP contribution in [-0.4, -0.2) is 32.2 Å². The van der Waals surface area contributed by atoms with E-state index in [1.54, 1.807) is 24.3 Å². The van der Waals surface area contributed by atoms with Crippen molar-refractivity contribution in [2.45, 2.75) is 32.5 Å². The van der Waals surface area contributed by atoms with Crippen LogP contribution in [0.5, 0.6) is 5.75 Å². The van der Waals surface area contributed by atoms with Gasteiger partial charge >= 0.3 is 0 Å². The quantitative estimate of drug-likeness (QED) is 0.435. The first-order chi connectivity index (χ1) is 14.3. The average Bonchev–Trinajstić information content (AvgIpc) is 3.07. The molecule has 7 nitrogen and oxygen atoms in total. The van der Waals surface area contributed by atoms with Crippen LogP contribution in [0.25, 0.3) is 0 Å². The molecule has 3 rings (SSSR count). The third-order valence-corrected chi connectivity index (χ3v) is 5.74. The van der Waals surface area contributed by atoms with E-state index in [1.807, 2.05) is 43.7 Å². The molecule has 30 heavy (non-hydrogen) atoms. The lowest BCUT2D eigenvalue weighted by Gasteiger charge is -2.10. The van der Waals surface area contributed by atoms with Crippen LogP contribution in [0.1, 0.15) is 34.2 Å². The number of benzene rings is 2. The molecule has 0 fully saturated rings. The second-order valence-electron chi connectivity index (χ2n) is 6.92. The number of carbonyl (C=O) groups is 2. The van der Waals surface area contributed by atoms with Gasteiger partial charge in [-0.05, 0) is 50.1 Å². The summed E-state index contributed by atoms with van der Waals surface area (Å²) in [7, 11) is 1.85. The molecule has 0 saturated carbocycles. The molecule has 1 aromatic heterocycles. The number of anilines is 1. The van der Waals surface area contributed by atoms with E-state index in [9.17, 15) is 9.59 Å². The van der Waals surface area contributed by atoms with Crippen LogP contribution >= 0.6 is 11.8 Å². The van der Waals surface area contributed by atoms with Crippen molar-refractivity contribution in [1.29, 1.82) is 0 Å². The fraction of sp³-hybridized carbons (Fsp3) is 0.273. The zero-order valence-electron chi connectivity index (χ0n) is 17.4. The number of ketones is 1. The number of rotatable bonds is 8. The van der Waals surface area contributed by atoms with Gasteiger partial charge in [-0.25, -0.2) is 0 Å². The number of Topliss-reactive ketones (excluding diaryl/α,β-unsaturated/α-hetero) is 1. The van der Waals surface area contributed by atoms with E-state index in [4.69, 9.17) is 4.74 Å². The standard InChI is InChI=1S/C22H24N4O3S/c1-14-7-5-10-19(15(14)2)29-12-20-24-25-22(26(20)4)30-13-21(28)23-18-9-6-8-17(11-18)16(3)27/h5-11H,12-13H2,1-4H3,(H,23,28). The summed E-state index contributed by atoms with van der Waals surface area (Å²) in [5.41, 5.74) is 3.41. The van der Waals surface area contributed by atoms with Crippen LogP contribution < -0.4 is 10.1 Å². The Bertz CT molecular complexity index is 1080. The van der Waals surface area contributed by atoms with Gasteiger partial charge in [0.25, 0.3) is 0 Å². The molecule has 1 amide bonds. The van der Waals surface area contributed by atoms with E-state index in [2.05, 4.69) is 15.5 Å². The summed E-state index contributed by atoms with van der Waals surface area (Å²) in [5.74, 6) is 1.44. The first-order valence-corrected chi connectivity index (χ1v) is 10.4. The van der Waals surface area contributed by atoms with Crippen molar-refractivity contribution in [3.8, 4) is 5.75 Å². The molecule has 0 aliphatic rings. The van der Waals surface area contributed by atoms with Crippen LogP contribution in [0, 0.1) is 13.8 Å². The maximum absolute atomic E-state index is 12.3. The van der Waals surface area contributed by atoms with Gasteiger partial charge in [-0.2, -0.15) is 0 Å². The van der Waals surface area contributed by atoms with E-state index >= 15 is 0 Å². The normalized spacial score (nSPS) is 10.7. The molecule has 0 aliphatic heterocycles. The van der Waals surface area contributed by atoms with E-state index in [0.717, 1.165) is 11.3 Å². The van der Waals surface area contributed by atoms with Crippen molar-refractivity contribution in [1.82, 2.24) is 14.8 Å². The van der Waals surface area contributed by atoms with E-state index < -0.39 is 0 Å². The lowest BCUT2D eigenvalue weighted by molar-refractivity contribution is -0.113. The number of ether oxygens (including phenoxy) is 1. The third-order valence-electron chi connectivity index (χ3n) is 4.72. The Morgan fingerprint density at radius 3 is 2.67 bits per heavy atom. The average molecular weight is 425 g/mol. The highest BCUT2D eigenvalue weighted by Gasteiger charge is 2.13. The van der Waals surface area contributed by atoms with Gasteiger partial charge < -0.3 is 14.6 Å². The predicted molar refractivity (Wildman–Crippen MR) is 117 cm³/mol. The number of aryl methyl sites for hydroxylation is 1. The van der Waals surface area contributed by atoms with Gasteiger partial charge in [0.1, 0.15) is 12.4 Å². The number of hydrogen-bond acceptors (Lipinski definition) is 6. The summed E-state index contributed by atoms with van der Waals surface area (Å²) in [6.07, 6.45) is 0. The Kier molecular flexibility index (Phi) is 6.89. The number of hydrogen-bond donors (Lipinski definition) is 1. The van der Waals surface area contributed by atoms with Crippen molar-refractivity contribution < 1.29 is 14.3 Å². The molecule has 2 aromatic carbocycles. The first-order valence-electron chi connectivity index (χ1n) is 9.46. The lowest BCUT2D eigenvalue weighted by Crippen LogP contribution is -2.15. The van der Waals surface area contributed by atoms with E-state index in [-0.39, 0.29) is 17.4 Å². The van der Waals surface area contributed by atoms with E-state index in [1.165, 1.54) is 24.2 Å². The number of carbonyl (C=O) groups excluding carboxylic acids is 2. The minimum atomic E-state index is -0.183. The highest BCUT2D eigenvalue weighted by Crippen LogP contribution is 2.22. The van der Waals surface area contributed by atoms with Crippen LogP contribution in [-0.2, 0) is 18.4 Å². The molecule has 0 saturated heterocycles. The van der Waals surface area contributed by atoms with Crippen LogP contribution in [0.15, 0.2) is 47.6 Å². The zero-order valence-corrected chi connectivity index (χ0v) is 18.2. The van der Waals surface area contributed by atoms with Gasteiger partial charge in [-0.3, -0.25) is 9.59 Å². The molecule has 0 bridgehead atoms. The molecular formula is C22H24N4O3S. The van der Waals surface area contributed by atoms with Crippen molar-refractivity contribution in [3.63, 3.8) is 0 Å². The van der Waals surface area contributed by atoms with Gasteiger partial charge in [0.05, 0.1) is 5.75 Å². The number of nitrogens with zero attached hydrogens (tertiary/aromatic N) is 3. The van der Waals surface area contributed by atoms with Gasteiger partial charge in [0.15, 0.2) is 16.8 Å². The lowest BCUT2D eigenvalue weighted by atomic mass is 10.1. The van der Waals surface area contributed by atoms with E-state index in [0.29, 0.717) is 28.8 Å². The second-order valence-corrected chi connectivity index (χ2v) is 7.86. The van der Waals surface area contributed by atoms with Crippen LogP contribution in [0.3, 0.4) is 0 Å². The molecule has 0 aliphatic carbocycles. The maximum Gasteiger partial charge on any atom is 0.234 e. The monoisotopic (exact) mass is 424 g/mol. The largest absolute Gasteiger partial charge is 0.485 e. The molecule has 8 heteroatoms. The number of thioether (sulfide) groups is 1. The highest BCUT2D eigenvalue weighted by molar-refractivity contribution is 7.99. The molecule has 1 N–H and O–H groups in total.